The number of nitriles is 1. The Morgan fingerprint density at radius 2 is 2.06 bits per heavy atom. The van der Waals surface area contributed by atoms with Gasteiger partial charge in [0.05, 0.1) is 30.0 Å². The van der Waals surface area contributed by atoms with Crippen molar-refractivity contribution in [3.05, 3.63) is 83.1 Å². The number of pyridine rings is 1. The minimum atomic E-state index is -1.01. The molecule has 0 atom stereocenters. The van der Waals surface area contributed by atoms with Gasteiger partial charge in [0.25, 0.3) is 0 Å². The lowest BCUT2D eigenvalue weighted by Crippen LogP contribution is -2.05. The predicted octanol–water partition coefficient (Wildman–Crippen LogP) is 4.17. The largest absolute Gasteiger partial charge is 0.489 e. The third-order valence-corrected chi connectivity index (χ3v) is 4.99. The zero-order valence-corrected chi connectivity index (χ0v) is 16.8. The van der Waals surface area contributed by atoms with E-state index in [0.717, 1.165) is 5.39 Å². The van der Waals surface area contributed by atoms with Gasteiger partial charge in [-0.2, -0.15) is 5.26 Å². The lowest BCUT2D eigenvalue weighted by Gasteiger charge is -2.13. The van der Waals surface area contributed by atoms with Crippen molar-refractivity contribution in [1.82, 2.24) is 4.98 Å². The van der Waals surface area contributed by atoms with Crippen molar-refractivity contribution in [2.24, 2.45) is 5.73 Å². The van der Waals surface area contributed by atoms with Gasteiger partial charge in [-0.15, -0.1) is 0 Å². The fraction of sp³-hybridized carbons (Fsp3) is 0.125. The van der Waals surface area contributed by atoms with Crippen molar-refractivity contribution in [3.8, 4) is 22.9 Å². The molecule has 160 valence electrons. The van der Waals surface area contributed by atoms with E-state index < -0.39 is 11.8 Å². The molecule has 0 bridgehead atoms. The minimum absolute atomic E-state index is 0.0363. The van der Waals surface area contributed by atoms with Gasteiger partial charge in [0.2, 0.25) is 0 Å². The van der Waals surface area contributed by atoms with Crippen LogP contribution in [-0.2, 0) is 24.4 Å². The first kappa shape index (κ1) is 21.0. The molecule has 7 nitrogen and oxygen atoms in total. The Bertz CT molecular complexity index is 1360. The molecule has 3 N–H and O–H groups in total. The molecule has 0 unspecified atom stereocenters. The van der Waals surface area contributed by atoms with Crippen LogP contribution in [0.2, 0.25) is 0 Å². The second kappa shape index (κ2) is 8.88. The molecule has 0 aliphatic rings. The number of aromatic nitrogens is 1. The van der Waals surface area contributed by atoms with Crippen LogP contribution in [0.1, 0.15) is 22.4 Å². The maximum Gasteiger partial charge on any atom is 0.307 e. The highest BCUT2D eigenvalue weighted by Gasteiger charge is 2.17. The van der Waals surface area contributed by atoms with Crippen molar-refractivity contribution in [2.75, 3.05) is 0 Å². The second-order valence-electron chi connectivity index (χ2n) is 7.10. The highest BCUT2D eigenvalue weighted by molar-refractivity contribution is 5.93. The summed E-state index contributed by atoms with van der Waals surface area (Å²) in [5, 5.41) is 19.1. The number of halogens is 1. The molecule has 2 aromatic heterocycles. The molecule has 0 amide bonds. The standard InChI is InChI=1S/C24H18FN3O4/c25-23-18(3-5-28-20(23)12-27)19-8-15(7-17-4-6-31-24(17)19)13-32-21-9-14(11-26)1-2-16(21)10-22(29)30/h1-9H,10,12-13,27H2,(H,29,30). The van der Waals surface area contributed by atoms with E-state index in [1.807, 2.05) is 12.1 Å². The Balaban J connectivity index is 1.72. The van der Waals surface area contributed by atoms with Gasteiger partial charge in [0.15, 0.2) is 5.82 Å². The number of rotatable bonds is 7. The van der Waals surface area contributed by atoms with Crippen LogP contribution in [0.3, 0.4) is 0 Å². The second-order valence-corrected chi connectivity index (χ2v) is 7.10. The number of furan rings is 1. The summed E-state index contributed by atoms with van der Waals surface area (Å²) in [7, 11) is 0. The quantitative estimate of drug-likeness (QED) is 0.450. The summed E-state index contributed by atoms with van der Waals surface area (Å²) in [6.07, 6.45) is 2.77. The number of carboxylic acids is 1. The molecule has 0 aliphatic carbocycles. The first-order chi connectivity index (χ1) is 15.5. The fourth-order valence-electron chi connectivity index (χ4n) is 3.49. The van der Waals surface area contributed by atoms with E-state index in [-0.39, 0.29) is 25.3 Å². The van der Waals surface area contributed by atoms with E-state index in [9.17, 15) is 9.18 Å². The zero-order valence-electron chi connectivity index (χ0n) is 16.8. The summed E-state index contributed by atoms with van der Waals surface area (Å²) in [6.45, 7) is 0.0391. The maximum atomic E-state index is 14.9. The third-order valence-electron chi connectivity index (χ3n) is 4.99. The van der Waals surface area contributed by atoms with Crippen LogP contribution in [0.4, 0.5) is 4.39 Å². The summed E-state index contributed by atoms with van der Waals surface area (Å²) in [4.78, 5) is 15.1. The fourth-order valence-corrected chi connectivity index (χ4v) is 3.49. The molecule has 8 heteroatoms. The average molecular weight is 431 g/mol. The van der Waals surface area contributed by atoms with Crippen molar-refractivity contribution in [3.63, 3.8) is 0 Å². The van der Waals surface area contributed by atoms with Gasteiger partial charge in [-0.25, -0.2) is 4.39 Å². The monoisotopic (exact) mass is 431 g/mol. The molecule has 2 heterocycles. The number of carbonyl (C=O) groups is 1. The number of hydrogen-bond donors (Lipinski definition) is 2. The number of benzene rings is 2. The summed E-state index contributed by atoms with van der Waals surface area (Å²) < 4.78 is 26.4. The van der Waals surface area contributed by atoms with Crippen LogP contribution in [0.5, 0.6) is 5.75 Å². The van der Waals surface area contributed by atoms with E-state index in [1.165, 1.54) is 18.5 Å². The Morgan fingerprint density at radius 1 is 1.22 bits per heavy atom. The Morgan fingerprint density at radius 3 is 2.81 bits per heavy atom. The van der Waals surface area contributed by atoms with Crippen molar-refractivity contribution in [1.29, 1.82) is 5.26 Å². The Labute approximate surface area is 182 Å². The predicted molar refractivity (Wildman–Crippen MR) is 114 cm³/mol. The van der Waals surface area contributed by atoms with E-state index in [4.69, 9.17) is 25.3 Å². The van der Waals surface area contributed by atoms with E-state index in [2.05, 4.69) is 4.98 Å². The first-order valence-corrected chi connectivity index (χ1v) is 9.71. The highest BCUT2D eigenvalue weighted by atomic mass is 19.1. The molecule has 32 heavy (non-hydrogen) atoms. The summed E-state index contributed by atoms with van der Waals surface area (Å²) in [6, 6.07) is 13.5. The molecule has 0 spiro atoms. The lowest BCUT2D eigenvalue weighted by atomic mass is 10.00. The molecule has 0 aliphatic heterocycles. The van der Waals surface area contributed by atoms with E-state index in [0.29, 0.717) is 39.1 Å². The van der Waals surface area contributed by atoms with Crippen LogP contribution in [-0.4, -0.2) is 16.1 Å². The number of nitrogens with two attached hydrogens (primary N) is 1. The van der Waals surface area contributed by atoms with Crippen LogP contribution >= 0.6 is 0 Å². The molecule has 2 aromatic carbocycles. The summed E-state index contributed by atoms with van der Waals surface area (Å²) in [5.41, 5.74) is 8.61. The zero-order chi connectivity index (χ0) is 22.7. The molecule has 0 saturated heterocycles. The Hall–Kier alpha value is -4.22. The maximum absolute atomic E-state index is 14.9. The molecular formula is C24H18FN3O4. The molecule has 4 rings (SSSR count). The third kappa shape index (κ3) is 4.15. The molecule has 0 saturated carbocycles. The summed E-state index contributed by atoms with van der Waals surface area (Å²) in [5.74, 6) is -1.22. The first-order valence-electron chi connectivity index (χ1n) is 9.71. The normalized spacial score (nSPS) is 10.8. The number of hydrogen-bond acceptors (Lipinski definition) is 6. The number of nitrogens with zero attached hydrogens (tertiary/aromatic N) is 2. The van der Waals surface area contributed by atoms with Crippen molar-refractivity contribution < 1.29 is 23.4 Å². The number of ether oxygens (including phenoxy) is 1. The molecule has 4 aromatic rings. The van der Waals surface area contributed by atoms with Crippen LogP contribution in [0, 0.1) is 17.1 Å². The SMILES string of the molecule is N#Cc1ccc(CC(=O)O)c(OCc2cc(-c3ccnc(CN)c3F)c3occc3c2)c1. The smallest absolute Gasteiger partial charge is 0.307 e. The van der Waals surface area contributed by atoms with Crippen LogP contribution in [0.25, 0.3) is 22.1 Å². The highest BCUT2D eigenvalue weighted by Crippen LogP contribution is 2.34. The van der Waals surface area contributed by atoms with Crippen molar-refractivity contribution in [2.45, 2.75) is 19.6 Å². The molecule has 0 radical (unpaired) electrons. The van der Waals surface area contributed by atoms with E-state index in [1.54, 1.807) is 30.3 Å². The number of aliphatic carboxylic acids is 1. The summed E-state index contributed by atoms with van der Waals surface area (Å²) >= 11 is 0. The van der Waals surface area contributed by atoms with Crippen LogP contribution in [0.15, 0.2) is 59.3 Å². The van der Waals surface area contributed by atoms with Gasteiger partial charge in [0.1, 0.15) is 17.9 Å². The van der Waals surface area contributed by atoms with Gasteiger partial charge in [-0.05, 0) is 42.0 Å². The van der Waals surface area contributed by atoms with Gasteiger partial charge in [-0.3, -0.25) is 9.78 Å². The topological polar surface area (TPSA) is 122 Å². The Kier molecular flexibility index (Phi) is 5.83. The average Bonchev–Trinajstić information content (AvgIpc) is 3.26. The van der Waals surface area contributed by atoms with Crippen molar-refractivity contribution >= 4 is 16.9 Å². The van der Waals surface area contributed by atoms with Gasteiger partial charge >= 0.3 is 5.97 Å². The van der Waals surface area contributed by atoms with Crippen LogP contribution < -0.4 is 10.5 Å². The van der Waals surface area contributed by atoms with Gasteiger partial charge < -0.3 is 20.0 Å². The molecule has 0 fully saturated rings. The molecular weight excluding hydrogens is 413 g/mol. The van der Waals surface area contributed by atoms with Gasteiger partial charge in [-0.1, -0.05) is 6.07 Å². The van der Waals surface area contributed by atoms with Gasteiger partial charge in [0, 0.05) is 34.8 Å². The minimum Gasteiger partial charge on any atom is -0.489 e. The van der Waals surface area contributed by atoms with E-state index >= 15 is 0 Å². The lowest BCUT2D eigenvalue weighted by molar-refractivity contribution is -0.136. The number of fused-ring (bicyclic) bond motifs is 1. The number of carboxylic acid groups (broad SMARTS) is 1.